The smallest absolute Gasteiger partial charge is 0.328 e. The molecule has 0 aromatic heterocycles. The van der Waals surface area contributed by atoms with Gasteiger partial charge in [-0.05, 0) is 62.3 Å². The largest absolute Gasteiger partial charge is 0.507 e. The van der Waals surface area contributed by atoms with Gasteiger partial charge in [-0.25, -0.2) is 4.79 Å². The van der Waals surface area contributed by atoms with Crippen molar-refractivity contribution in [1.82, 2.24) is 4.90 Å². The van der Waals surface area contributed by atoms with E-state index in [1.165, 1.54) is 12.0 Å². The lowest BCUT2D eigenvalue weighted by Crippen LogP contribution is -2.41. The molecule has 2 aromatic rings. The van der Waals surface area contributed by atoms with Crippen LogP contribution in [0.2, 0.25) is 0 Å². The molecule has 1 atom stereocenters. The Bertz CT molecular complexity index is 1100. The minimum absolute atomic E-state index is 0.0837. The molecule has 1 amide bonds. The molecule has 2 N–H and O–H groups in total. The van der Waals surface area contributed by atoms with Gasteiger partial charge in [-0.2, -0.15) is 0 Å². The summed E-state index contributed by atoms with van der Waals surface area (Å²) in [5, 5.41) is 22.6. The van der Waals surface area contributed by atoms with E-state index >= 15 is 0 Å². The van der Waals surface area contributed by atoms with Crippen LogP contribution in [-0.2, 0) is 16.0 Å². The first kappa shape index (κ1) is 25.3. The van der Waals surface area contributed by atoms with Gasteiger partial charge >= 0.3 is 5.97 Å². The van der Waals surface area contributed by atoms with Crippen molar-refractivity contribution in [3.05, 3.63) is 53.1 Å². The quantitative estimate of drug-likeness (QED) is 0.390. The number of unbranched alkanes of at least 4 members (excludes halogenated alkanes) is 2. The normalized spacial score (nSPS) is 15.4. The molecule has 182 valence electrons. The molecule has 1 saturated heterocycles. The van der Waals surface area contributed by atoms with Gasteiger partial charge in [-0.3, -0.25) is 4.79 Å². The van der Waals surface area contributed by atoms with Crippen LogP contribution in [0.3, 0.4) is 0 Å². The maximum Gasteiger partial charge on any atom is 0.328 e. The molecule has 6 heteroatoms. The number of hydrogen-bond acceptors (Lipinski definition) is 5. The molecule has 1 aliphatic rings. The Labute approximate surface area is 201 Å². The third-order valence-electron chi connectivity index (χ3n) is 6.52. The maximum absolute atomic E-state index is 13.8. The fourth-order valence-corrected chi connectivity index (χ4v) is 4.75. The molecule has 0 radical (unpaired) electrons. The Hall–Kier alpha value is -3.28. The van der Waals surface area contributed by atoms with E-state index in [9.17, 15) is 19.8 Å². The number of carbonyl (C=O) groups is 2. The Balaban J connectivity index is 2.21. The number of ether oxygens (including phenoxy) is 1. The lowest BCUT2D eigenvalue weighted by molar-refractivity contribution is -0.145. The highest BCUT2D eigenvalue weighted by molar-refractivity contribution is 6.04. The summed E-state index contributed by atoms with van der Waals surface area (Å²) in [7, 11) is 1.31. The zero-order valence-corrected chi connectivity index (χ0v) is 20.6. The fraction of sp³-hybridized carbons (Fsp3) is 0.429. The number of likely N-dealkylation sites (tertiary alicyclic amines) is 1. The van der Waals surface area contributed by atoms with Crippen molar-refractivity contribution in [2.24, 2.45) is 0 Å². The van der Waals surface area contributed by atoms with Gasteiger partial charge in [0.1, 0.15) is 17.5 Å². The topological polar surface area (TPSA) is 87.1 Å². The van der Waals surface area contributed by atoms with Crippen LogP contribution in [0.25, 0.3) is 16.7 Å². The van der Waals surface area contributed by atoms with Gasteiger partial charge in [-0.1, -0.05) is 55.7 Å². The SMILES string of the molecule is C=C(C)c1ccc(C)cc1-c1c(O)cc(CCCCC)c(C(=O)N2CCC[C@@H]2C(=O)OC)c1O. The van der Waals surface area contributed by atoms with Crippen molar-refractivity contribution >= 4 is 17.4 Å². The average molecular weight is 466 g/mol. The zero-order valence-electron chi connectivity index (χ0n) is 20.6. The van der Waals surface area contributed by atoms with Crippen LogP contribution in [0.1, 0.15) is 73.0 Å². The van der Waals surface area contributed by atoms with Crippen LogP contribution in [-0.4, -0.2) is 46.7 Å². The summed E-state index contributed by atoms with van der Waals surface area (Å²) in [6, 6.07) is 6.62. The van der Waals surface area contributed by atoms with Crippen molar-refractivity contribution in [3.63, 3.8) is 0 Å². The van der Waals surface area contributed by atoms with E-state index in [1.807, 2.05) is 32.0 Å². The number of amides is 1. The Morgan fingerprint density at radius 2 is 1.94 bits per heavy atom. The average Bonchev–Trinajstić information content (AvgIpc) is 3.28. The number of rotatable bonds is 8. The summed E-state index contributed by atoms with van der Waals surface area (Å²) < 4.78 is 4.91. The second-order valence-corrected chi connectivity index (χ2v) is 9.12. The number of hydrogen-bond donors (Lipinski definition) is 2. The van der Waals surface area contributed by atoms with Gasteiger partial charge in [0, 0.05) is 6.54 Å². The number of phenols is 2. The van der Waals surface area contributed by atoms with Crippen LogP contribution < -0.4 is 0 Å². The number of carbonyl (C=O) groups excluding carboxylic acids is 2. The monoisotopic (exact) mass is 465 g/mol. The standard InChI is InChI=1S/C28H35NO5/c1-6-7-8-10-19-16-23(30)25(21-15-18(4)12-13-20(21)17(2)3)26(31)24(19)27(32)29-14-9-11-22(29)28(33)34-5/h12-13,15-16,22,30-31H,2,6-11,14H2,1,3-5H3/t22-/m1/s1. The van der Waals surface area contributed by atoms with Crippen LogP contribution in [0.5, 0.6) is 11.5 Å². The third kappa shape index (κ3) is 4.96. The molecule has 0 aliphatic carbocycles. The first-order valence-electron chi connectivity index (χ1n) is 11.9. The summed E-state index contributed by atoms with van der Waals surface area (Å²) in [5.41, 5.74) is 4.05. The van der Waals surface area contributed by atoms with E-state index in [4.69, 9.17) is 4.74 Å². The van der Waals surface area contributed by atoms with Gasteiger partial charge in [0.15, 0.2) is 0 Å². The summed E-state index contributed by atoms with van der Waals surface area (Å²) >= 11 is 0. The van der Waals surface area contributed by atoms with Crippen molar-refractivity contribution in [2.45, 2.75) is 65.3 Å². The molecule has 0 spiro atoms. The summed E-state index contributed by atoms with van der Waals surface area (Å²) in [6.07, 6.45) is 4.52. The number of methoxy groups -OCH3 is 1. The van der Waals surface area contributed by atoms with E-state index in [-0.39, 0.29) is 22.6 Å². The highest BCUT2D eigenvalue weighted by atomic mass is 16.5. The first-order valence-corrected chi connectivity index (χ1v) is 11.9. The van der Waals surface area contributed by atoms with E-state index in [0.717, 1.165) is 36.0 Å². The zero-order chi connectivity index (χ0) is 25.0. The molecule has 1 aliphatic heterocycles. The van der Waals surface area contributed by atoms with Crippen LogP contribution in [0, 0.1) is 6.92 Å². The molecule has 1 heterocycles. The molecular weight excluding hydrogens is 430 g/mol. The minimum Gasteiger partial charge on any atom is -0.507 e. The molecule has 34 heavy (non-hydrogen) atoms. The van der Waals surface area contributed by atoms with Crippen LogP contribution in [0.15, 0.2) is 30.8 Å². The number of esters is 1. The minimum atomic E-state index is -0.678. The van der Waals surface area contributed by atoms with Gasteiger partial charge in [0.2, 0.25) is 0 Å². The molecular formula is C28H35NO5. The van der Waals surface area contributed by atoms with Gasteiger partial charge in [0.25, 0.3) is 5.91 Å². The fourth-order valence-electron chi connectivity index (χ4n) is 4.75. The Morgan fingerprint density at radius 3 is 2.59 bits per heavy atom. The number of allylic oxidation sites excluding steroid dienone is 1. The molecule has 2 aromatic carbocycles. The number of aromatic hydroxyl groups is 2. The van der Waals surface area contributed by atoms with Gasteiger partial charge in [0.05, 0.1) is 18.2 Å². The third-order valence-corrected chi connectivity index (χ3v) is 6.52. The number of benzene rings is 2. The number of phenolic OH excluding ortho intramolecular Hbond substituents is 2. The Kier molecular flexibility index (Phi) is 8.02. The van der Waals surface area contributed by atoms with E-state index in [1.54, 1.807) is 6.07 Å². The van der Waals surface area contributed by atoms with Crippen molar-refractivity contribution in [2.75, 3.05) is 13.7 Å². The number of nitrogens with zero attached hydrogens (tertiary/aromatic N) is 1. The molecule has 0 unspecified atom stereocenters. The molecule has 0 bridgehead atoms. The van der Waals surface area contributed by atoms with Crippen LogP contribution >= 0.6 is 0 Å². The second kappa shape index (κ2) is 10.8. The van der Waals surface area contributed by atoms with Crippen molar-refractivity contribution in [1.29, 1.82) is 0 Å². The molecule has 0 saturated carbocycles. The molecule has 3 rings (SSSR count). The number of aryl methyl sites for hydroxylation is 2. The Morgan fingerprint density at radius 1 is 1.21 bits per heavy atom. The second-order valence-electron chi connectivity index (χ2n) is 9.12. The predicted molar refractivity (Wildman–Crippen MR) is 134 cm³/mol. The lowest BCUT2D eigenvalue weighted by atomic mass is 9.88. The van der Waals surface area contributed by atoms with Crippen molar-refractivity contribution < 1.29 is 24.5 Å². The van der Waals surface area contributed by atoms with Gasteiger partial charge < -0.3 is 19.8 Å². The maximum atomic E-state index is 13.8. The van der Waals surface area contributed by atoms with E-state index in [0.29, 0.717) is 36.9 Å². The predicted octanol–water partition coefficient (Wildman–Crippen LogP) is 5.62. The van der Waals surface area contributed by atoms with Crippen molar-refractivity contribution in [3.8, 4) is 22.6 Å². The highest BCUT2D eigenvalue weighted by Crippen LogP contribution is 2.45. The summed E-state index contributed by atoms with van der Waals surface area (Å²) in [4.78, 5) is 27.6. The van der Waals surface area contributed by atoms with E-state index in [2.05, 4.69) is 13.5 Å². The molecule has 6 nitrogen and oxygen atoms in total. The lowest BCUT2D eigenvalue weighted by Gasteiger charge is -2.26. The van der Waals surface area contributed by atoms with Gasteiger partial charge in [-0.15, -0.1) is 0 Å². The highest BCUT2D eigenvalue weighted by Gasteiger charge is 2.38. The summed E-state index contributed by atoms with van der Waals surface area (Å²) in [6.45, 7) is 10.3. The van der Waals surface area contributed by atoms with Crippen LogP contribution in [0.4, 0.5) is 0 Å². The summed E-state index contributed by atoms with van der Waals surface area (Å²) in [5.74, 6) is -1.22. The first-order chi connectivity index (χ1) is 16.2. The van der Waals surface area contributed by atoms with E-state index < -0.39 is 17.9 Å². The molecule has 1 fully saturated rings.